The summed E-state index contributed by atoms with van der Waals surface area (Å²) in [7, 11) is -2.74. The average molecular weight is 587 g/mol. The van der Waals surface area contributed by atoms with Gasteiger partial charge in [0.1, 0.15) is 11.4 Å². The lowest BCUT2D eigenvalue weighted by Crippen LogP contribution is -2.45. The number of fused-ring (bicyclic) bond motifs is 1. The van der Waals surface area contributed by atoms with Crippen LogP contribution in [0.5, 0.6) is 0 Å². The fourth-order valence-electron chi connectivity index (χ4n) is 5.06. The molecule has 0 unspecified atom stereocenters. The number of rotatable bonds is 6. The van der Waals surface area contributed by atoms with E-state index in [0.29, 0.717) is 11.3 Å². The number of pyridine rings is 1. The zero-order chi connectivity index (χ0) is 29.9. The molecule has 0 spiro atoms. The second-order valence-electron chi connectivity index (χ2n) is 10.2. The molecule has 0 radical (unpaired) electrons. The maximum absolute atomic E-state index is 15.8. The highest BCUT2D eigenvalue weighted by Gasteiger charge is 2.21. The molecule has 0 atom stereocenters. The monoisotopic (exact) mass is 586 g/mol. The summed E-state index contributed by atoms with van der Waals surface area (Å²) < 4.78 is 49.2. The minimum atomic E-state index is -4.67. The van der Waals surface area contributed by atoms with Crippen molar-refractivity contribution in [3.05, 3.63) is 53.6 Å². The van der Waals surface area contributed by atoms with Crippen LogP contribution in [0.2, 0.25) is 0 Å². The van der Waals surface area contributed by atoms with Gasteiger partial charge >= 0.3 is 10.4 Å². The van der Waals surface area contributed by atoms with Gasteiger partial charge in [0.05, 0.1) is 11.2 Å². The Kier molecular flexibility index (Phi) is 9.29. The largest absolute Gasteiger partial charge is 0.394 e. The van der Waals surface area contributed by atoms with E-state index in [1.165, 1.54) is 0 Å². The quantitative estimate of drug-likeness (QED) is 0.284. The fraction of sp³-hybridized carbons (Fsp3) is 0.407. The molecule has 41 heavy (non-hydrogen) atoms. The van der Waals surface area contributed by atoms with Crippen molar-refractivity contribution in [2.75, 3.05) is 38.5 Å². The SMILES string of the molecule is CCN1CCN(Cc2ccc(-c3nc(N)nc(-c4ccc5nn(C)c(C(C)C)c5c4)c3F)nc2)CC1.O=S(=O)(O)O. The summed E-state index contributed by atoms with van der Waals surface area (Å²) in [5.74, 6) is -0.254. The van der Waals surface area contributed by atoms with Crippen LogP contribution >= 0.6 is 0 Å². The molecule has 4 N–H and O–H groups in total. The molecule has 1 aliphatic heterocycles. The highest BCUT2D eigenvalue weighted by atomic mass is 32.3. The number of halogens is 1. The van der Waals surface area contributed by atoms with Gasteiger partial charge in [0.25, 0.3) is 0 Å². The maximum Gasteiger partial charge on any atom is 0.394 e. The van der Waals surface area contributed by atoms with Gasteiger partial charge in [-0.05, 0) is 36.2 Å². The van der Waals surface area contributed by atoms with Gasteiger partial charge < -0.3 is 10.6 Å². The van der Waals surface area contributed by atoms with Crippen molar-refractivity contribution < 1.29 is 21.9 Å². The first-order valence-corrected chi connectivity index (χ1v) is 14.6. The summed E-state index contributed by atoms with van der Waals surface area (Å²) in [4.78, 5) is 17.9. The van der Waals surface area contributed by atoms with Crippen LogP contribution in [0.1, 0.15) is 37.9 Å². The molecule has 4 aromatic rings. The van der Waals surface area contributed by atoms with Crippen molar-refractivity contribution in [2.24, 2.45) is 7.05 Å². The highest BCUT2D eigenvalue weighted by molar-refractivity contribution is 7.79. The average Bonchev–Trinajstić information content (AvgIpc) is 3.25. The molecule has 220 valence electrons. The number of aryl methyl sites for hydroxylation is 1. The molecule has 0 bridgehead atoms. The molecular weight excluding hydrogens is 551 g/mol. The van der Waals surface area contributed by atoms with Crippen molar-refractivity contribution in [3.8, 4) is 22.6 Å². The minimum Gasteiger partial charge on any atom is -0.368 e. The molecule has 12 nitrogen and oxygen atoms in total. The number of nitrogen functional groups attached to an aromatic ring is 1. The van der Waals surface area contributed by atoms with Crippen LogP contribution in [0.4, 0.5) is 10.3 Å². The van der Waals surface area contributed by atoms with Crippen molar-refractivity contribution in [1.82, 2.24) is 34.5 Å². The molecule has 1 aromatic carbocycles. The zero-order valence-electron chi connectivity index (χ0n) is 23.5. The molecule has 4 heterocycles. The van der Waals surface area contributed by atoms with Gasteiger partial charge in [-0.15, -0.1) is 0 Å². The number of likely N-dealkylation sites (N-methyl/N-ethyl adjacent to an activating group) is 1. The van der Waals surface area contributed by atoms with Crippen molar-refractivity contribution >= 4 is 27.3 Å². The van der Waals surface area contributed by atoms with Gasteiger partial charge in [-0.25, -0.2) is 14.4 Å². The van der Waals surface area contributed by atoms with Crippen LogP contribution < -0.4 is 5.73 Å². The summed E-state index contributed by atoms with van der Waals surface area (Å²) >= 11 is 0. The van der Waals surface area contributed by atoms with E-state index in [2.05, 4.69) is 50.6 Å². The predicted octanol–water partition coefficient (Wildman–Crippen LogP) is 3.42. The number of benzene rings is 1. The summed E-state index contributed by atoms with van der Waals surface area (Å²) in [6.45, 7) is 12.6. The lowest BCUT2D eigenvalue weighted by Gasteiger charge is -2.33. The van der Waals surface area contributed by atoms with E-state index in [-0.39, 0.29) is 23.3 Å². The van der Waals surface area contributed by atoms with Gasteiger partial charge in [0.2, 0.25) is 5.95 Å². The molecule has 0 saturated carbocycles. The molecular formula is C27H35FN8O4S. The van der Waals surface area contributed by atoms with Gasteiger partial charge in [-0.1, -0.05) is 32.9 Å². The first-order valence-electron chi connectivity index (χ1n) is 13.2. The molecule has 1 fully saturated rings. The lowest BCUT2D eigenvalue weighted by molar-refractivity contribution is 0.132. The number of nitrogens with zero attached hydrogens (tertiary/aromatic N) is 7. The Morgan fingerprint density at radius 2 is 1.66 bits per heavy atom. The predicted molar refractivity (Wildman–Crippen MR) is 155 cm³/mol. The van der Waals surface area contributed by atoms with Gasteiger partial charge in [-0.2, -0.15) is 13.5 Å². The Balaban J connectivity index is 0.000000714. The van der Waals surface area contributed by atoms with Crippen LogP contribution in [0.25, 0.3) is 33.5 Å². The zero-order valence-corrected chi connectivity index (χ0v) is 24.3. The smallest absolute Gasteiger partial charge is 0.368 e. The summed E-state index contributed by atoms with van der Waals surface area (Å²) in [5, 5.41) is 5.56. The van der Waals surface area contributed by atoms with Crippen LogP contribution in [0, 0.1) is 5.82 Å². The number of hydrogen-bond donors (Lipinski definition) is 3. The third-order valence-corrected chi connectivity index (χ3v) is 6.95. The van der Waals surface area contributed by atoms with Crippen LogP contribution in [0.3, 0.4) is 0 Å². The van der Waals surface area contributed by atoms with Crippen molar-refractivity contribution in [1.29, 1.82) is 0 Å². The highest BCUT2D eigenvalue weighted by Crippen LogP contribution is 2.32. The van der Waals surface area contributed by atoms with E-state index < -0.39 is 16.2 Å². The Hall–Kier alpha value is -3.56. The third kappa shape index (κ3) is 7.59. The lowest BCUT2D eigenvalue weighted by atomic mass is 10.0. The van der Waals surface area contributed by atoms with Crippen LogP contribution in [0.15, 0.2) is 36.5 Å². The van der Waals surface area contributed by atoms with Gasteiger partial charge in [0.15, 0.2) is 5.82 Å². The van der Waals surface area contributed by atoms with E-state index in [1.54, 1.807) is 6.20 Å². The number of hydrogen-bond acceptors (Lipinski definition) is 9. The fourth-order valence-corrected chi connectivity index (χ4v) is 5.06. The number of piperazine rings is 1. The van der Waals surface area contributed by atoms with E-state index in [9.17, 15) is 0 Å². The van der Waals surface area contributed by atoms with E-state index >= 15 is 4.39 Å². The second-order valence-corrected chi connectivity index (χ2v) is 11.1. The Labute approximate surface area is 238 Å². The molecule has 3 aromatic heterocycles. The third-order valence-electron chi connectivity index (χ3n) is 6.95. The summed E-state index contributed by atoms with van der Waals surface area (Å²) in [6.07, 6.45) is 1.80. The van der Waals surface area contributed by atoms with Gasteiger partial charge in [0, 0.05) is 62.6 Å². The minimum absolute atomic E-state index is 0.0106. The normalized spacial score (nSPS) is 14.8. The molecule has 0 amide bonds. The Morgan fingerprint density at radius 1 is 1.02 bits per heavy atom. The van der Waals surface area contributed by atoms with Crippen LogP contribution in [-0.4, -0.2) is 84.8 Å². The number of nitrogens with two attached hydrogens (primary N) is 1. The van der Waals surface area contributed by atoms with E-state index in [4.69, 9.17) is 23.3 Å². The molecule has 5 rings (SSSR count). The van der Waals surface area contributed by atoms with Gasteiger partial charge in [-0.3, -0.25) is 23.7 Å². The van der Waals surface area contributed by atoms with Crippen molar-refractivity contribution in [3.63, 3.8) is 0 Å². The van der Waals surface area contributed by atoms with Crippen LogP contribution in [-0.2, 0) is 24.0 Å². The summed E-state index contributed by atoms with van der Waals surface area (Å²) in [6, 6.07) is 9.45. The topological polar surface area (TPSA) is 164 Å². The molecule has 1 saturated heterocycles. The molecule has 0 aliphatic carbocycles. The Bertz CT molecular complexity index is 1610. The summed E-state index contributed by atoms with van der Waals surface area (Å²) in [5.41, 5.74) is 10.4. The first-order chi connectivity index (χ1) is 19.3. The van der Waals surface area contributed by atoms with Crippen molar-refractivity contribution in [2.45, 2.75) is 33.2 Å². The van der Waals surface area contributed by atoms with E-state index in [0.717, 1.165) is 61.4 Å². The number of aromatic nitrogens is 5. The maximum atomic E-state index is 15.8. The number of anilines is 1. The standard InChI is InChI=1S/C27H33FN8.H2O4S/c1-5-35-10-12-36(13-11-35)16-18-6-8-22(30-15-18)25-23(28)24(31-27(29)32-25)19-7-9-21-20(14-19)26(17(2)3)34(4)33-21;1-5(2,3)4/h6-9,14-15,17H,5,10-13,16H2,1-4H3,(H2,29,31,32);(H2,1,2,3,4). The van der Waals surface area contributed by atoms with E-state index in [1.807, 2.05) is 42.1 Å². The molecule has 14 heteroatoms. The first kappa shape index (κ1) is 30.4. The Morgan fingerprint density at radius 3 is 2.24 bits per heavy atom. The second kappa shape index (κ2) is 12.5. The molecule has 1 aliphatic rings.